The number of benzene rings is 2. The minimum atomic E-state index is -1.64. The lowest BCUT2D eigenvalue weighted by molar-refractivity contribution is -0.168. The molecule has 2 aromatic rings. The van der Waals surface area contributed by atoms with Gasteiger partial charge < -0.3 is 19.8 Å². The highest BCUT2D eigenvalue weighted by atomic mass is 16.6. The van der Waals surface area contributed by atoms with E-state index in [1.54, 1.807) is 29.0 Å². The van der Waals surface area contributed by atoms with Crippen LogP contribution in [-0.4, -0.2) is 76.7 Å². The van der Waals surface area contributed by atoms with Crippen molar-refractivity contribution in [2.75, 3.05) is 31.7 Å². The summed E-state index contributed by atoms with van der Waals surface area (Å²) in [5.74, 6) is -3.32. The number of hydrogen-bond acceptors (Lipinski definition) is 7. The first kappa shape index (κ1) is 28.8. The number of ether oxygens (including phenoxy) is 1. The Kier molecular flexibility index (Phi) is 9.98. The topological polar surface area (TPSA) is 128 Å². The average Bonchev–Trinajstić information content (AvgIpc) is 2.92. The molecule has 1 heterocycles. The number of aliphatic carboxylic acids is 1. The Morgan fingerprint density at radius 1 is 1.08 bits per heavy atom. The maximum absolute atomic E-state index is 13.3. The van der Waals surface area contributed by atoms with Crippen LogP contribution < -0.4 is 5.01 Å². The van der Waals surface area contributed by atoms with Crippen molar-refractivity contribution in [1.29, 1.82) is 0 Å². The predicted molar refractivity (Wildman–Crippen MR) is 140 cm³/mol. The maximum atomic E-state index is 13.3. The molecular weight excluding hydrogens is 490 g/mol. The van der Waals surface area contributed by atoms with Gasteiger partial charge in [-0.15, -0.1) is 0 Å². The molecule has 10 nitrogen and oxygen atoms in total. The van der Waals surface area contributed by atoms with E-state index in [1.807, 2.05) is 49.3 Å². The van der Waals surface area contributed by atoms with E-state index in [0.717, 1.165) is 12.0 Å². The highest BCUT2D eigenvalue weighted by Crippen LogP contribution is 2.30. The molecule has 1 aliphatic heterocycles. The van der Waals surface area contributed by atoms with E-state index in [4.69, 9.17) is 9.84 Å². The van der Waals surface area contributed by atoms with Crippen LogP contribution in [-0.2, 0) is 32.1 Å². The third-order valence-electron chi connectivity index (χ3n) is 6.63. The van der Waals surface area contributed by atoms with Gasteiger partial charge in [0.15, 0.2) is 0 Å². The molecular formula is C28H35N3O7. The molecule has 0 radical (unpaired) electrons. The highest BCUT2D eigenvalue weighted by molar-refractivity contribution is 6.28. The van der Waals surface area contributed by atoms with Gasteiger partial charge >= 0.3 is 11.9 Å². The van der Waals surface area contributed by atoms with E-state index in [-0.39, 0.29) is 24.8 Å². The zero-order chi connectivity index (χ0) is 27.8. The molecule has 0 saturated carbocycles. The number of likely N-dealkylation sites (tertiary alicyclic amines) is 1. The normalized spacial score (nSPS) is 13.9. The fourth-order valence-electron chi connectivity index (χ4n) is 4.63. The van der Waals surface area contributed by atoms with Gasteiger partial charge in [0.1, 0.15) is 6.10 Å². The summed E-state index contributed by atoms with van der Waals surface area (Å²) < 4.78 is 4.94. The Morgan fingerprint density at radius 3 is 2.32 bits per heavy atom. The molecule has 0 atom stereocenters. The monoisotopic (exact) mass is 525 g/mol. The number of carbonyl (C=O) groups excluding carboxylic acids is 3. The number of nitrogens with zero attached hydrogens (tertiary/aromatic N) is 3. The quantitative estimate of drug-likeness (QED) is 0.291. The molecule has 10 heteroatoms. The van der Waals surface area contributed by atoms with Gasteiger partial charge in [0.2, 0.25) is 5.91 Å². The largest absolute Gasteiger partial charge is 0.473 e. The smallest absolute Gasteiger partial charge is 0.417 e. The zero-order valence-electron chi connectivity index (χ0n) is 22.1. The first-order valence-electron chi connectivity index (χ1n) is 12.7. The summed E-state index contributed by atoms with van der Waals surface area (Å²) >= 11 is 0. The summed E-state index contributed by atoms with van der Waals surface area (Å²) in [6.45, 7) is 4.41. The van der Waals surface area contributed by atoms with Gasteiger partial charge in [0.05, 0.1) is 12.3 Å². The van der Waals surface area contributed by atoms with Crippen LogP contribution in [0.4, 0.5) is 5.69 Å². The molecule has 1 fully saturated rings. The molecule has 1 aliphatic rings. The summed E-state index contributed by atoms with van der Waals surface area (Å²) in [5, 5.41) is 22.4. The number of aliphatic hydroxyl groups is 1. The van der Waals surface area contributed by atoms with Crippen LogP contribution in [0.3, 0.4) is 0 Å². The second-order valence-electron chi connectivity index (χ2n) is 9.34. The number of carbonyl (C=O) groups is 4. The van der Waals surface area contributed by atoms with E-state index in [1.165, 1.54) is 0 Å². The Hall–Kier alpha value is -3.76. The van der Waals surface area contributed by atoms with Crippen molar-refractivity contribution in [1.82, 2.24) is 9.91 Å². The van der Waals surface area contributed by atoms with E-state index in [2.05, 4.69) is 0 Å². The second-order valence-corrected chi connectivity index (χ2v) is 9.34. The number of hydrogen-bond donors (Lipinski definition) is 2. The number of carboxylic acid groups (broad SMARTS) is 1. The summed E-state index contributed by atoms with van der Waals surface area (Å²) in [6, 6.07) is 13.3. The first-order chi connectivity index (χ1) is 18.2. The standard InChI is InChI=1S/C28H35N3O7/c1-4-24(33)31(29(3)13-10-20-8-6-5-7-9-20)25-19(2)16-21(17-22(25)18-32)26(34)30-14-11-23(12-15-30)38-28(37)27(35)36/h5-9,16-17,23,32H,4,10-15,18H2,1-3H3,(H,35,36). The predicted octanol–water partition coefficient (Wildman–Crippen LogP) is 2.55. The van der Waals surface area contributed by atoms with Crippen LogP contribution >= 0.6 is 0 Å². The minimum absolute atomic E-state index is 0.129. The van der Waals surface area contributed by atoms with Crippen LogP contribution in [0.5, 0.6) is 0 Å². The summed E-state index contributed by atoms with van der Waals surface area (Å²) in [7, 11) is 1.83. The van der Waals surface area contributed by atoms with Crippen molar-refractivity contribution in [2.45, 2.75) is 52.2 Å². The molecule has 0 unspecified atom stereocenters. The SMILES string of the molecule is CCC(=O)N(c1c(C)cc(C(=O)N2CCC(OC(=O)C(=O)O)CC2)cc1CO)N(C)CCc1ccccc1. The second kappa shape index (κ2) is 13.2. The number of aryl methyl sites for hydroxylation is 1. The van der Waals surface area contributed by atoms with Crippen molar-refractivity contribution in [3.8, 4) is 0 Å². The van der Waals surface area contributed by atoms with Gasteiger partial charge in [-0.25, -0.2) is 19.6 Å². The molecule has 1 saturated heterocycles. The first-order valence-corrected chi connectivity index (χ1v) is 12.7. The molecule has 0 aromatic heterocycles. The number of carboxylic acids is 1. The van der Waals surface area contributed by atoms with Crippen molar-refractivity contribution in [3.05, 3.63) is 64.7 Å². The van der Waals surface area contributed by atoms with Crippen molar-refractivity contribution in [3.63, 3.8) is 0 Å². The van der Waals surface area contributed by atoms with Crippen LogP contribution in [0, 0.1) is 6.92 Å². The van der Waals surface area contributed by atoms with E-state index >= 15 is 0 Å². The average molecular weight is 526 g/mol. The lowest BCUT2D eigenvalue weighted by Gasteiger charge is -2.35. The van der Waals surface area contributed by atoms with Gasteiger partial charge in [-0.3, -0.25) is 9.59 Å². The van der Waals surface area contributed by atoms with E-state index < -0.39 is 18.0 Å². The molecule has 2 N–H and O–H groups in total. The number of amides is 2. The Bertz CT molecular complexity index is 1160. The minimum Gasteiger partial charge on any atom is -0.473 e. The number of anilines is 1. The molecule has 0 spiro atoms. The summed E-state index contributed by atoms with van der Waals surface area (Å²) in [5.41, 5.74) is 3.23. The van der Waals surface area contributed by atoms with Gasteiger partial charge in [-0.05, 0) is 36.6 Å². The van der Waals surface area contributed by atoms with Crippen molar-refractivity contribution >= 4 is 29.4 Å². The van der Waals surface area contributed by atoms with Crippen LogP contribution in [0.15, 0.2) is 42.5 Å². The lowest BCUT2D eigenvalue weighted by Crippen LogP contribution is -2.46. The van der Waals surface area contributed by atoms with Gasteiger partial charge in [-0.1, -0.05) is 37.3 Å². The third-order valence-corrected chi connectivity index (χ3v) is 6.63. The van der Waals surface area contributed by atoms with Crippen LogP contribution in [0.2, 0.25) is 0 Å². The number of aliphatic hydroxyl groups excluding tert-OH is 1. The highest BCUT2D eigenvalue weighted by Gasteiger charge is 2.29. The van der Waals surface area contributed by atoms with Gasteiger partial charge in [0.25, 0.3) is 5.91 Å². The maximum Gasteiger partial charge on any atom is 0.417 e. The van der Waals surface area contributed by atoms with E-state index in [9.17, 15) is 24.3 Å². The van der Waals surface area contributed by atoms with Crippen LogP contribution in [0.1, 0.15) is 53.2 Å². The number of piperidine rings is 1. The van der Waals surface area contributed by atoms with E-state index in [0.29, 0.717) is 54.9 Å². The number of esters is 1. The summed E-state index contributed by atoms with van der Waals surface area (Å²) in [6.07, 6.45) is 1.11. The zero-order valence-corrected chi connectivity index (χ0v) is 22.1. The fourth-order valence-corrected chi connectivity index (χ4v) is 4.63. The molecule has 3 rings (SSSR count). The Morgan fingerprint density at radius 2 is 1.74 bits per heavy atom. The van der Waals surface area contributed by atoms with Crippen molar-refractivity contribution < 1.29 is 34.1 Å². The number of likely N-dealkylation sites (N-methyl/N-ethyl adjacent to an activating group) is 1. The number of hydrazine groups is 1. The lowest BCUT2D eigenvalue weighted by atomic mass is 10.0. The Labute approximate surface area is 222 Å². The summed E-state index contributed by atoms with van der Waals surface area (Å²) in [4.78, 5) is 50.0. The molecule has 0 bridgehead atoms. The number of rotatable bonds is 9. The van der Waals surface area contributed by atoms with Gasteiger partial charge in [-0.2, -0.15) is 0 Å². The van der Waals surface area contributed by atoms with Gasteiger partial charge in [0, 0.05) is 57.1 Å². The fraction of sp³-hybridized carbons (Fsp3) is 0.429. The molecule has 2 amide bonds. The Balaban J connectivity index is 1.79. The third kappa shape index (κ3) is 6.96. The molecule has 204 valence electrons. The van der Waals surface area contributed by atoms with Crippen LogP contribution in [0.25, 0.3) is 0 Å². The molecule has 2 aromatic carbocycles. The molecule has 38 heavy (non-hydrogen) atoms. The molecule has 0 aliphatic carbocycles. The van der Waals surface area contributed by atoms with Crippen molar-refractivity contribution in [2.24, 2.45) is 0 Å².